The maximum absolute atomic E-state index is 13.7. The molecule has 1 fully saturated rings. The van der Waals surface area contributed by atoms with Gasteiger partial charge in [-0.05, 0) is 51.8 Å². The van der Waals surface area contributed by atoms with E-state index in [9.17, 15) is 19.1 Å². The van der Waals surface area contributed by atoms with Crippen molar-refractivity contribution in [3.05, 3.63) is 34.6 Å². The van der Waals surface area contributed by atoms with E-state index in [4.69, 9.17) is 10.00 Å². The summed E-state index contributed by atoms with van der Waals surface area (Å²) in [7, 11) is 0. The van der Waals surface area contributed by atoms with Gasteiger partial charge in [0.25, 0.3) is 0 Å². The van der Waals surface area contributed by atoms with Crippen LogP contribution >= 0.6 is 0 Å². The van der Waals surface area contributed by atoms with Crippen LogP contribution in [-0.2, 0) is 4.74 Å². The third-order valence-electron chi connectivity index (χ3n) is 4.89. The Morgan fingerprint density at radius 3 is 2.62 bits per heavy atom. The average Bonchev–Trinajstić information content (AvgIpc) is 2.62. The van der Waals surface area contributed by atoms with Gasteiger partial charge in [0.2, 0.25) is 0 Å². The molecule has 0 aliphatic carbocycles. The lowest BCUT2D eigenvalue weighted by Gasteiger charge is -2.41. The molecule has 1 heterocycles. The highest BCUT2D eigenvalue weighted by Gasteiger charge is 2.33. The third kappa shape index (κ3) is 5.75. The van der Waals surface area contributed by atoms with E-state index in [1.165, 1.54) is 6.07 Å². The number of Topliss-reactive ketones (excluding diaryl/α,β-unsaturated/α-hetero) is 1. The Morgan fingerprint density at radius 1 is 1.34 bits per heavy atom. The quantitative estimate of drug-likeness (QED) is 0.757. The van der Waals surface area contributed by atoms with Crippen molar-refractivity contribution >= 4 is 11.9 Å². The van der Waals surface area contributed by atoms with Crippen LogP contribution in [0.5, 0.6) is 0 Å². The van der Waals surface area contributed by atoms with Gasteiger partial charge < -0.3 is 14.7 Å². The highest BCUT2D eigenvalue weighted by atomic mass is 19.1. The molecule has 0 bridgehead atoms. The van der Waals surface area contributed by atoms with Crippen molar-refractivity contribution < 1.29 is 23.8 Å². The number of amides is 1. The number of hydrogen-bond acceptors (Lipinski definition) is 6. The minimum Gasteiger partial charge on any atom is -0.444 e. The minimum atomic E-state index is -0.648. The first-order valence-corrected chi connectivity index (χ1v) is 9.62. The Kier molecular flexibility index (Phi) is 7.33. The summed E-state index contributed by atoms with van der Waals surface area (Å²) in [6.07, 6.45) is -0.0160. The second-order valence-electron chi connectivity index (χ2n) is 8.19. The summed E-state index contributed by atoms with van der Waals surface area (Å²) in [5.74, 6) is -0.877. The lowest BCUT2D eigenvalue weighted by Crippen LogP contribution is -2.56. The first kappa shape index (κ1) is 22.8. The molecule has 1 aliphatic heterocycles. The second-order valence-corrected chi connectivity index (χ2v) is 8.19. The van der Waals surface area contributed by atoms with Crippen molar-refractivity contribution in [1.82, 2.24) is 9.80 Å². The molecule has 7 nitrogen and oxygen atoms in total. The zero-order valence-corrected chi connectivity index (χ0v) is 17.4. The number of carbonyl (C=O) groups excluding carboxylic acids is 2. The van der Waals surface area contributed by atoms with Crippen LogP contribution in [-0.4, -0.2) is 71.2 Å². The largest absolute Gasteiger partial charge is 0.444 e. The number of halogens is 1. The van der Waals surface area contributed by atoms with E-state index >= 15 is 0 Å². The van der Waals surface area contributed by atoms with E-state index in [0.717, 1.165) is 6.07 Å². The lowest BCUT2D eigenvalue weighted by molar-refractivity contribution is 0.00169. The Morgan fingerprint density at radius 2 is 2.03 bits per heavy atom. The summed E-state index contributed by atoms with van der Waals surface area (Å²) >= 11 is 0. The molecule has 158 valence electrons. The number of aliphatic hydroxyl groups is 1. The van der Waals surface area contributed by atoms with Crippen LogP contribution < -0.4 is 0 Å². The molecule has 1 aromatic carbocycles. The van der Waals surface area contributed by atoms with Gasteiger partial charge in [0.1, 0.15) is 17.5 Å². The Bertz CT molecular complexity index is 813. The highest BCUT2D eigenvalue weighted by Crippen LogP contribution is 2.20. The fraction of sp³-hybridized carbons (Fsp3) is 0.571. The predicted molar refractivity (Wildman–Crippen MR) is 105 cm³/mol. The standard InChI is InChI=1S/C21H28FN3O4/c1-14-16(5-6-18(22)17(14)11-23)19(27)13-24-8-9-25(12-15(24)7-10-26)20(28)29-21(2,3)4/h5-6,15,26H,7-10,12-13H2,1-4H3. The zero-order valence-electron chi connectivity index (χ0n) is 17.4. The normalized spacial score (nSPS) is 17.7. The van der Waals surface area contributed by atoms with Crippen molar-refractivity contribution in [2.24, 2.45) is 0 Å². The van der Waals surface area contributed by atoms with Crippen LogP contribution in [0.2, 0.25) is 0 Å². The summed E-state index contributed by atoms with van der Waals surface area (Å²) in [5, 5.41) is 18.5. The smallest absolute Gasteiger partial charge is 0.410 e. The number of benzene rings is 1. The fourth-order valence-electron chi connectivity index (χ4n) is 3.40. The Balaban J connectivity index is 2.12. The number of piperazine rings is 1. The van der Waals surface area contributed by atoms with Crippen LogP contribution in [0.15, 0.2) is 12.1 Å². The van der Waals surface area contributed by atoms with Crippen molar-refractivity contribution in [3.63, 3.8) is 0 Å². The number of nitriles is 1. The second kappa shape index (κ2) is 9.33. The summed E-state index contributed by atoms with van der Waals surface area (Å²) in [5.41, 5.74) is -0.101. The predicted octanol–water partition coefficient (Wildman–Crippen LogP) is 2.49. The SMILES string of the molecule is Cc1c(C(=O)CN2CCN(C(=O)OC(C)(C)C)CC2CCO)ccc(F)c1C#N. The first-order valence-electron chi connectivity index (χ1n) is 9.62. The molecule has 0 spiro atoms. The average molecular weight is 405 g/mol. The van der Waals surface area contributed by atoms with Crippen LogP contribution in [0.3, 0.4) is 0 Å². The molecule has 0 saturated carbocycles. The van der Waals surface area contributed by atoms with E-state index in [-0.39, 0.29) is 30.5 Å². The molecular formula is C21H28FN3O4. The van der Waals surface area contributed by atoms with Gasteiger partial charge in [-0.15, -0.1) is 0 Å². The van der Waals surface area contributed by atoms with Gasteiger partial charge in [0.15, 0.2) is 5.78 Å². The van der Waals surface area contributed by atoms with Crippen LogP contribution in [0.1, 0.15) is 48.7 Å². The van der Waals surface area contributed by atoms with E-state index in [2.05, 4.69) is 0 Å². The molecule has 29 heavy (non-hydrogen) atoms. The monoisotopic (exact) mass is 405 g/mol. The molecule has 0 radical (unpaired) electrons. The van der Waals surface area contributed by atoms with Crippen molar-refractivity contribution in [1.29, 1.82) is 5.26 Å². The molecule has 8 heteroatoms. The number of ketones is 1. The van der Waals surface area contributed by atoms with Gasteiger partial charge in [-0.25, -0.2) is 9.18 Å². The van der Waals surface area contributed by atoms with Gasteiger partial charge >= 0.3 is 6.09 Å². The number of carbonyl (C=O) groups is 2. The minimum absolute atomic E-state index is 0.0597. The van der Waals surface area contributed by atoms with E-state index < -0.39 is 17.5 Å². The summed E-state index contributed by atoms with van der Waals surface area (Å²) in [4.78, 5) is 28.7. The van der Waals surface area contributed by atoms with Gasteiger partial charge in [0, 0.05) is 37.8 Å². The number of aliphatic hydroxyl groups excluding tert-OH is 1. The maximum atomic E-state index is 13.7. The molecule has 0 aromatic heterocycles. The van der Waals surface area contributed by atoms with E-state index in [1.807, 2.05) is 4.90 Å². The summed E-state index contributed by atoms with van der Waals surface area (Å²) in [6, 6.07) is 4.11. The molecule has 1 saturated heterocycles. The van der Waals surface area contributed by atoms with E-state index in [0.29, 0.717) is 37.2 Å². The number of rotatable bonds is 5. The first-order chi connectivity index (χ1) is 13.6. The van der Waals surface area contributed by atoms with Crippen molar-refractivity contribution in [2.75, 3.05) is 32.8 Å². The van der Waals surface area contributed by atoms with Gasteiger partial charge in [-0.3, -0.25) is 9.69 Å². The molecule has 1 aliphatic rings. The van der Waals surface area contributed by atoms with Crippen LogP contribution in [0, 0.1) is 24.1 Å². The van der Waals surface area contributed by atoms with E-state index in [1.54, 1.807) is 38.7 Å². The number of hydrogen-bond donors (Lipinski definition) is 1. The number of ether oxygens (including phenoxy) is 1. The molecule has 2 rings (SSSR count). The van der Waals surface area contributed by atoms with Crippen LogP contribution in [0.25, 0.3) is 0 Å². The van der Waals surface area contributed by atoms with Gasteiger partial charge in [-0.2, -0.15) is 5.26 Å². The molecule has 1 N–H and O–H groups in total. The molecule has 1 aromatic rings. The lowest BCUT2D eigenvalue weighted by atomic mass is 9.98. The van der Waals surface area contributed by atoms with Crippen molar-refractivity contribution in [3.8, 4) is 6.07 Å². The summed E-state index contributed by atoms with van der Waals surface area (Å²) < 4.78 is 19.1. The number of nitrogens with zero attached hydrogens (tertiary/aromatic N) is 3. The van der Waals surface area contributed by atoms with Crippen molar-refractivity contribution in [2.45, 2.75) is 45.8 Å². The van der Waals surface area contributed by atoms with Crippen LogP contribution in [0.4, 0.5) is 9.18 Å². The molecule has 1 amide bonds. The van der Waals surface area contributed by atoms with Gasteiger partial charge in [-0.1, -0.05) is 0 Å². The molecular weight excluding hydrogens is 377 g/mol. The topological polar surface area (TPSA) is 93.9 Å². The highest BCUT2D eigenvalue weighted by molar-refractivity contribution is 5.99. The Labute approximate surface area is 170 Å². The zero-order chi connectivity index (χ0) is 21.8. The summed E-state index contributed by atoms with van der Waals surface area (Å²) in [6.45, 7) is 8.12. The Hall–Kier alpha value is -2.50. The maximum Gasteiger partial charge on any atom is 0.410 e. The van der Waals surface area contributed by atoms with Gasteiger partial charge in [0.05, 0.1) is 12.1 Å². The molecule has 1 unspecified atom stereocenters. The third-order valence-corrected chi connectivity index (χ3v) is 4.89. The molecule has 1 atom stereocenters. The fourth-order valence-corrected chi connectivity index (χ4v) is 3.40.